The predicted molar refractivity (Wildman–Crippen MR) is 72.4 cm³/mol. The van der Waals surface area contributed by atoms with Crippen molar-refractivity contribution in [3.05, 3.63) is 12.2 Å². The van der Waals surface area contributed by atoms with Gasteiger partial charge in [-0.25, -0.2) is 0 Å². The molecule has 0 saturated heterocycles. The first-order valence-corrected chi connectivity index (χ1v) is 7.03. The molecule has 0 bridgehead atoms. The van der Waals surface area contributed by atoms with Gasteiger partial charge in [-0.15, -0.1) is 6.58 Å². The van der Waals surface area contributed by atoms with E-state index in [0.29, 0.717) is 6.04 Å². The summed E-state index contributed by atoms with van der Waals surface area (Å²) in [5.41, 5.74) is 7.47. The van der Waals surface area contributed by atoms with Crippen LogP contribution in [0.5, 0.6) is 0 Å². The third-order valence-electron chi connectivity index (χ3n) is 4.05. The van der Waals surface area contributed by atoms with Crippen molar-refractivity contribution in [2.45, 2.75) is 71.3 Å². The normalized spacial score (nSPS) is 27.7. The van der Waals surface area contributed by atoms with Crippen LogP contribution in [0.4, 0.5) is 0 Å². The van der Waals surface area contributed by atoms with Gasteiger partial charge < -0.3 is 5.73 Å². The lowest BCUT2D eigenvalue weighted by atomic mass is 9.76. The molecule has 94 valence electrons. The van der Waals surface area contributed by atoms with Gasteiger partial charge in [0.05, 0.1) is 0 Å². The zero-order chi connectivity index (χ0) is 12.0. The second-order valence-electron chi connectivity index (χ2n) is 5.75. The SMILES string of the molecule is C=C(C)CC(N)C1CCC(CCCC)CC1. The van der Waals surface area contributed by atoms with E-state index >= 15 is 0 Å². The van der Waals surface area contributed by atoms with Gasteiger partial charge in [-0.2, -0.15) is 0 Å². The van der Waals surface area contributed by atoms with Gasteiger partial charge in [0.2, 0.25) is 0 Å². The molecule has 0 aromatic heterocycles. The maximum atomic E-state index is 6.23. The molecule has 1 fully saturated rings. The molecule has 1 heteroatoms. The summed E-state index contributed by atoms with van der Waals surface area (Å²) in [4.78, 5) is 0. The van der Waals surface area contributed by atoms with E-state index in [1.54, 1.807) is 0 Å². The summed E-state index contributed by atoms with van der Waals surface area (Å²) in [5, 5.41) is 0. The fourth-order valence-corrected chi connectivity index (χ4v) is 2.97. The quantitative estimate of drug-likeness (QED) is 0.668. The highest BCUT2D eigenvalue weighted by molar-refractivity contribution is 4.94. The van der Waals surface area contributed by atoms with Crippen LogP contribution in [-0.2, 0) is 0 Å². The molecule has 16 heavy (non-hydrogen) atoms. The topological polar surface area (TPSA) is 26.0 Å². The summed E-state index contributed by atoms with van der Waals surface area (Å²) >= 11 is 0. The fraction of sp³-hybridized carbons (Fsp3) is 0.867. The molecule has 0 radical (unpaired) electrons. The molecule has 0 aromatic carbocycles. The van der Waals surface area contributed by atoms with Crippen LogP contribution in [-0.4, -0.2) is 6.04 Å². The molecule has 1 aliphatic carbocycles. The zero-order valence-corrected chi connectivity index (χ0v) is 11.2. The lowest BCUT2D eigenvalue weighted by Crippen LogP contribution is -2.33. The average Bonchev–Trinajstić information content (AvgIpc) is 2.26. The van der Waals surface area contributed by atoms with Gasteiger partial charge in [0.25, 0.3) is 0 Å². The molecule has 0 heterocycles. The number of nitrogens with two attached hydrogens (primary N) is 1. The van der Waals surface area contributed by atoms with Crippen LogP contribution in [0.2, 0.25) is 0 Å². The van der Waals surface area contributed by atoms with Crippen LogP contribution in [0.3, 0.4) is 0 Å². The van der Waals surface area contributed by atoms with Gasteiger partial charge in [0.1, 0.15) is 0 Å². The summed E-state index contributed by atoms with van der Waals surface area (Å²) < 4.78 is 0. The van der Waals surface area contributed by atoms with Crippen LogP contribution in [0, 0.1) is 11.8 Å². The van der Waals surface area contributed by atoms with Crippen molar-refractivity contribution in [3.8, 4) is 0 Å². The Labute approximate surface area is 101 Å². The number of rotatable bonds is 6. The Morgan fingerprint density at radius 2 is 1.94 bits per heavy atom. The maximum absolute atomic E-state index is 6.23. The van der Waals surface area contributed by atoms with E-state index in [4.69, 9.17) is 5.73 Å². The summed E-state index contributed by atoms with van der Waals surface area (Å²) in [5.74, 6) is 1.75. The van der Waals surface area contributed by atoms with Gasteiger partial charge in [-0.3, -0.25) is 0 Å². The molecule has 0 amide bonds. The first-order chi connectivity index (χ1) is 7.63. The Morgan fingerprint density at radius 3 is 2.44 bits per heavy atom. The molecule has 1 unspecified atom stereocenters. The summed E-state index contributed by atoms with van der Waals surface area (Å²) in [6.45, 7) is 8.34. The number of hydrogen-bond donors (Lipinski definition) is 1. The highest BCUT2D eigenvalue weighted by Crippen LogP contribution is 2.34. The molecular formula is C15H29N. The van der Waals surface area contributed by atoms with Crippen molar-refractivity contribution in [1.29, 1.82) is 0 Å². The second-order valence-corrected chi connectivity index (χ2v) is 5.75. The van der Waals surface area contributed by atoms with Crippen LogP contribution in [0.1, 0.15) is 65.2 Å². The molecule has 0 spiro atoms. The van der Waals surface area contributed by atoms with E-state index in [0.717, 1.165) is 18.3 Å². The fourth-order valence-electron chi connectivity index (χ4n) is 2.97. The van der Waals surface area contributed by atoms with Gasteiger partial charge in [0, 0.05) is 6.04 Å². The van der Waals surface area contributed by atoms with Gasteiger partial charge in [-0.05, 0) is 38.0 Å². The smallest absolute Gasteiger partial charge is 0.0104 e. The molecule has 1 nitrogen and oxygen atoms in total. The minimum atomic E-state index is 0.365. The Morgan fingerprint density at radius 1 is 1.31 bits per heavy atom. The van der Waals surface area contributed by atoms with Gasteiger partial charge in [-0.1, -0.05) is 44.6 Å². The van der Waals surface area contributed by atoms with E-state index in [9.17, 15) is 0 Å². The molecule has 1 atom stereocenters. The predicted octanol–water partition coefficient (Wildman–Crippen LogP) is 4.28. The number of hydrogen-bond acceptors (Lipinski definition) is 1. The summed E-state index contributed by atoms with van der Waals surface area (Å²) in [6, 6.07) is 0.365. The van der Waals surface area contributed by atoms with Crippen LogP contribution in [0.15, 0.2) is 12.2 Å². The Kier molecular flexibility index (Phi) is 6.12. The zero-order valence-electron chi connectivity index (χ0n) is 11.2. The first kappa shape index (κ1) is 13.8. The highest BCUT2D eigenvalue weighted by Gasteiger charge is 2.24. The Balaban J connectivity index is 2.23. The third-order valence-corrected chi connectivity index (χ3v) is 4.05. The molecule has 1 aliphatic rings. The lowest BCUT2D eigenvalue weighted by molar-refractivity contribution is 0.231. The summed E-state index contributed by atoms with van der Waals surface area (Å²) in [6.07, 6.45) is 10.7. The number of unbranched alkanes of at least 4 members (excludes halogenated alkanes) is 1. The van der Waals surface area contributed by atoms with Crippen molar-refractivity contribution in [2.24, 2.45) is 17.6 Å². The molecule has 0 aliphatic heterocycles. The third kappa shape index (κ3) is 4.69. The Hall–Kier alpha value is -0.300. The standard InChI is InChI=1S/C15H29N/c1-4-5-6-13-7-9-14(10-8-13)15(16)11-12(2)3/h13-15H,2,4-11,16H2,1,3H3. The molecule has 0 aromatic rings. The van der Waals surface area contributed by atoms with Gasteiger partial charge in [0.15, 0.2) is 0 Å². The average molecular weight is 223 g/mol. The van der Waals surface area contributed by atoms with E-state index in [-0.39, 0.29) is 0 Å². The summed E-state index contributed by atoms with van der Waals surface area (Å²) in [7, 11) is 0. The van der Waals surface area contributed by atoms with Crippen molar-refractivity contribution in [3.63, 3.8) is 0 Å². The second kappa shape index (κ2) is 7.11. The monoisotopic (exact) mass is 223 g/mol. The van der Waals surface area contributed by atoms with Crippen molar-refractivity contribution in [2.75, 3.05) is 0 Å². The lowest BCUT2D eigenvalue weighted by Gasteiger charge is -2.32. The van der Waals surface area contributed by atoms with Crippen LogP contribution >= 0.6 is 0 Å². The van der Waals surface area contributed by atoms with Crippen molar-refractivity contribution >= 4 is 0 Å². The minimum Gasteiger partial charge on any atom is -0.327 e. The van der Waals surface area contributed by atoms with Gasteiger partial charge >= 0.3 is 0 Å². The molecular weight excluding hydrogens is 194 g/mol. The molecule has 2 N–H and O–H groups in total. The van der Waals surface area contributed by atoms with E-state index in [1.165, 1.54) is 50.5 Å². The van der Waals surface area contributed by atoms with Crippen LogP contribution < -0.4 is 5.73 Å². The molecule has 1 rings (SSSR count). The van der Waals surface area contributed by atoms with Crippen molar-refractivity contribution < 1.29 is 0 Å². The van der Waals surface area contributed by atoms with Crippen molar-refractivity contribution in [1.82, 2.24) is 0 Å². The van der Waals surface area contributed by atoms with E-state index < -0.39 is 0 Å². The maximum Gasteiger partial charge on any atom is 0.0104 e. The Bertz CT molecular complexity index is 201. The minimum absolute atomic E-state index is 0.365. The molecule has 1 saturated carbocycles. The van der Waals surface area contributed by atoms with E-state index in [1.807, 2.05) is 0 Å². The first-order valence-electron chi connectivity index (χ1n) is 7.03. The largest absolute Gasteiger partial charge is 0.327 e. The highest BCUT2D eigenvalue weighted by atomic mass is 14.6. The van der Waals surface area contributed by atoms with Crippen LogP contribution in [0.25, 0.3) is 0 Å². The van der Waals surface area contributed by atoms with E-state index in [2.05, 4.69) is 20.4 Å².